The van der Waals surface area contributed by atoms with Crippen LogP contribution in [0.15, 0.2) is 30.3 Å². The first-order valence-electron chi connectivity index (χ1n) is 6.36. The van der Waals surface area contributed by atoms with Gasteiger partial charge in [-0.2, -0.15) is 0 Å². The summed E-state index contributed by atoms with van der Waals surface area (Å²) in [6, 6.07) is 10.1. The maximum Gasteiger partial charge on any atom is 0.0646 e. The van der Waals surface area contributed by atoms with Crippen molar-refractivity contribution in [2.24, 2.45) is 5.73 Å². The molecule has 2 aromatic rings. The van der Waals surface area contributed by atoms with Crippen LogP contribution in [0.3, 0.4) is 0 Å². The zero-order chi connectivity index (χ0) is 12.5. The van der Waals surface area contributed by atoms with E-state index in [0.29, 0.717) is 0 Å². The normalized spacial score (nSPS) is 16.3. The average Bonchev–Trinajstić information content (AvgIpc) is 2.82. The monoisotopic (exact) mass is 277 g/mol. The second-order valence-corrected chi connectivity index (χ2v) is 6.44. The lowest BCUT2D eigenvalue weighted by Gasteiger charge is -2.09. The van der Waals surface area contributed by atoms with Gasteiger partial charge in [-0.05, 0) is 55.0 Å². The lowest BCUT2D eigenvalue weighted by atomic mass is 9.98. The highest BCUT2D eigenvalue weighted by Gasteiger charge is 2.17. The Labute approximate surface area is 117 Å². The largest absolute Gasteiger partial charge is 0.320 e. The van der Waals surface area contributed by atoms with Crippen LogP contribution in [-0.2, 0) is 12.8 Å². The molecule has 0 bridgehead atoms. The molecule has 1 aliphatic rings. The summed E-state index contributed by atoms with van der Waals surface area (Å²) < 4.78 is 0. The first-order valence-corrected chi connectivity index (χ1v) is 7.56. The fourth-order valence-electron chi connectivity index (χ4n) is 2.50. The van der Waals surface area contributed by atoms with Gasteiger partial charge in [-0.25, -0.2) is 0 Å². The maximum atomic E-state index is 6.35. The molecule has 1 aliphatic carbocycles. The fourth-order valence-corrected chi connectivity index (χ4v) is 3.91. The molecule has 1 unspecified atom stereocenters. The predicted octanol–water partition coefficient (Wildman–Crippen LogP) is 4.33. The average molecular weight is 278 g/mol. The molecule has 1 aromatic heterocycles. The lowest BCUT2D eigenvalue weighted by Crippen LogP contribution is -2.09. The van der Waals surface area contributed by atoms with Gasteiger partial charge in [-0.15, -0.1) is 11.3 Å². The Morgan fingerprint density at radius 1 is 1.11 bits per heavy atom. The summed E-state index contributed by atoms with van der Waals surface area (Å²) in [4.78, 5) is 2.82. The Morgan fingerprint density at radius 2 is 1.83 bits per heavy atom. The van der Waals surface area contributed by atoms with E-state index < -0.39 is 0 Å². The molecule has 94 valence electrons. The zero-order valence-corrected chi connectivity index (χ0v) is 11.7. The van der Waals surface area contributed by atoms with Crippen molar-refractivity contribution >= 4 is 22.9 Å². The number of hydrogen-bond acceptors (Lipinski definition) is 2. The molecule has 3 heteroatoms. The molecule has 1 atom stereocenters. The van der Waals surface area contributed by atoms with Gasteiger partial charge < -0.3 is 5.73 Å². The summed E-state index contributed by atoms with van der Waals surface area (Å²) in [7, 11) is 0. The number of fused-ring (bicyclic) bond motifs is 1. The molecule has 1 aromatic carbocycles. The Morgan fingerprint density at radius 3 is 2.56 bits per heavy atom. The number of thiophene rings is 1. The Kier molecular flexibility index (Phi) is 3.42. The van der Waals surface area contributed by atoms with E-state index in [-0.39, 0.29) is 6.04 Å². The van der Waals surface area contributed by atoms with Crippen molar-refractivity contribution in [3.63, 3.8) is 0 Å². The van der Waals surface area contributed by atoms with Crippen molar-refractivity contribution < 1.29 is 0 Å². The van der Waals surface area contributed by atoms with Gasteiger partial charge in [-0.1, -0.05) is 23.7 Å². The van der Waals surface area contributed by atoms with E-state index in [4.69, 9.17) is 17.3 Å². The molecular formula is C15H16ClNS. The molecule has 0 amide bonds. The smallest absolute Gasteiger partial charge is 0.0646 e. The van der Waals surface area contributed by atoms with Crippen molar-refractivity contribution in [2.75, 3.05) is 0 Å². The molecule has 0 aliphatic heterocycles. The molecule has 0 radical (unpaired) electrons. The first-order chi connectivity index (χ1) is 8.74. The highest BCUT2D eigenvalue weighted by atomic mass is 35.5. The van der Waals surface area contributed by atoms with Crippen molar-refractivity contribution in [2.45, 2.75) is 31.7 Å². The third-order valence-electron chi connectivity index (χ3n) is 3.55. The minimum absolute atomic E-state index is 0.0159. The maximum absolute atomic E-state index is 6.35. The molecule has 0 fully saturated rings. The summed E-state index contributed by atoms with van der Waals surface area (Å²) in [5.41, 5.74) is 9.00. The second-order valence-electron chi connectivity index (χ2n) is 4.83. The fraction of sp³-hybridized carbons (Fsp3) is 0.333. The molecule has 1 nitrogen and oxygen atoms in total. The van der Waals surface area contributed by atoms with Crippen LogP contribution in [0.5, 0.6) is 0 Å². The summed E-state index contributed by atoms with van der Waals surface area (Å²) in [6.45, 7) is 0. The van der Waals surface area contributed by atoms with Crippen LogP contribution >= 0.6 is 22.9 Å². The van der Waals surface area contributed by atoms with Gasteiger partial charge >= 0.3 is 0 Å². The minimum atomic E-state index is -0.0159. The van der Waals surface area contributed by atoms with Crippen LogP contribution in [0.2, 0.25) is 5.02 Å². The molecule has 1 heterocycles. The van der Waals surface area contributed by atoms with Crippen molar-refractivity contribution in [1.82, 2.24) is 0 Å². The van der Waals surface area contributed by atoms with Gasteiger partial charge in [0, 0.05) is 14.8 Å². The van der Waals surface area contributed by atoms with Crippen molar-refractivity contribution in [3.8, 4) is 0 Å². The van der Waals surface area contributed by atoms with E-state index in [0.717, 1.165) is 10.6 Å². The van der Waals surface area contributed by atoms with E-state index in [1.54, 1.807) is 4.88 Å². The first kappa shape index (κ1) is 12.2. The number of nitrogens with two attached hydrogens (primary N) is 1. The van der Waals surface area contributed by atoms with E-state index in [1.807, 2.05) is 35.6 Å². The van der Waals surface area contributed by atoms with Crippen LogP contribution in [0.1, 0.15) is 39.8 Å². The zero-order valence-electron chi connectivity index (χ0n) is 10.2. The number of benzene rings is 1. The summed E-state index contributed by atoms with van der Waals surface area (Å²) >= 11 is 7.79. The highest BCUT2D eigenvalue weighted by Crippen LogP contribution is 2.34. The quantitative estimate of drug-likeness (QED) is 0.869. The Balaban J connectivity index is 1.89. The summed E-state index contributed by atoms with van der Waals surface area (Å²) in [6.07, 6.45) is 5.09. The third kappa shape index (κ3) is 2.33. The Bertz CT molecular complexity index is 521. The molecule has 0 saturated heterocycles. The van der Waals surface area contributed by atoms with Gasteiger partial charge in [0.1, 0.15) is 0 Å². The van der Waals surface area contributed by atoms with Crippen LogP contribution < -0.4 is 5.73 Å². The van der Waals surface area contributed by atoms with Crippen LogP contribution in [0.25, 0.3) is 0 Å². The van der Waals surface area contributed by atoms with Gasteiger partial charge in [-0.3, -0.25) is 0 Å². The standard InChI is InChI=1S/C15H16ClNS/c16-12-7-5-10(6-8-12)15(17)14-9-11-3-1-2-4-13(11)18-14/h5-9,15H,1-4,17H2. The van der Waals surface area contributed by atoms with Gasteiger partial charge in [0.25, 0.3) is 0 Å². The lowest BCUT2D eigenvalue weighted by molar-refractivity contribution is 0.696. The molecule has 0 saturated carbocycles. The highest BCUT2D eigenvalue weighted by molar-refractivity contribution is 7.12. The van der Waals surface area contributed by atoms with Crippen LogP contribution in [0.4, 0.5) is 0 Å². The van der Waals surface area contributed by atoms with E-state index in [1.165, 1.54) is 36.1 Å². The molecule has 18 heavy (non-hydrogen) atoms. The van der Waals surface area contributed by atoms with E-state index in [9.17, 15) is 0 Å². The predicted molar refractivity (Wildman–Crippen MR) is 78.4 cm³/mol. The molecule has 0 spiro atoms. The van der Waals surface area contributed by atoms with E-state index >= 15 is 0 Å². The van der Waals surface area contributed by atoms with Crippen LogP contribution in [-0.4, -0.2) is 0 Å². The minimum Gasteiger partial charge on any atom is -0.320 e. The summed E-state index contributed by atoms with van der Waals surface area (Å²) in [5, 5.41) is 0.761. The Hall–Kier alpha value is -0.830. The summed E-state index contributed by atoms with van der Waals surface area (Å²) in [5.74, 6) is 0. The topological polar surface area (TPSA) is 26.0 Å². The number of rotatable bonds is 2. The number of aryl methyl sites for hydroxylation is 2. The molecule has 2 N–H and O–H groups in total. The van der Waals surface area contributed by atoms with Crippen molar-refractivity contribution in [3.05, 3.63) is 56.2 Å². The SMILES string of the molecule is NC(c1ccc(Cl)cc1)c1cc2c(s1)CCCC2. The molecular weight excluding hydrogens is 262 g/mol. The van der Waals surface area contributed by atoms with Gasteiger partial charge in [0.15, 0.2) is 0 Å². The number of hydrogen-bond donors (Lipinski definition) is 1. The molecule has 3 rings (SSSR count). The second kappa shape index (κ2) is 5.04. The van der Waals surface area contributed by atoms with Gasteiger partial charge in [0.05, 0.1) is 6.04 Å². The third-order valence-corrected chi connectivity index (χ3v) is 5.12. The number of halogens is 1. The van der Waals surface area contributed by atoms with Crippen molar-refractivity contribution in [1.29, 1.82) is 0 Å². The van der Waals surface area contributed by atoms with E-state index in [2.05, 4.69) is 6.07 Å². The van der Waals surface area contributed by atoms with Gasteiger partial charge in [0.2, 0.25) is 0 Å². The van der Waals surface area contributed by atoms with Crippen LogP contribution in [0, 0.1) is 0 Å².